The minimum atomic E-state index is -1.24. The predicted molar refractivity (Wildman–Crippen MR) is 33.7 cm³/mol. The predicted octanol–water partition coefficient (Wildman–Crippen LogP) is -0.914. The van der Waals surface area contributed by atoms with Gasteiger partial charge in [-0.25, -0.2) is 9.79 Å². The molecule has 5 nitrogen and oxygen atoms in total. The maximum Gasteiger partial charge on any atom is 0.371 e. The van der Waals surface area contributed by atoms with E-state index in [0.29, 0.717) is 0 Å². The van der Waals surface area contributed by atoms with Crippen LogP contribution in [0.15, 0.2) is 9.98 Å². The Balaban J connectivity index is 4.00. The van der Waals surface area contributed by atoms with Crippen LogP contribution in [-0.4, -0.2) is 30.3 Å². The van der Waals surface area contributed by atoms with Gasteiger partial charge in [-0.05, 0) is 0 Å². The van der Waals surface area contributed by atoms with Crippen LogP contribution in [0.5, 0.6) is 0 Å². The van der Waals surface area contributed by atoms with Crippen LogP contribution in [0.25, 0.3) is 0 Å². The van der Waals surface area contributed by atoms with E-state index in [9.17, 15) is 4.79 Å². The fourth-order valence-corrected chi connectivity index (χ4v) is 0.175. The van der Waals surface area contributed by atoms with Gasteiger partial charge in [-0.15, -0.1) is 0 Å². The number of aliphatic imine (C=N–C) groups is 2. The highest BCUT2D eigenvalue weighted by Gasteiger charge is 1.98. The molecular formula is C4H7N3O2. The molecule has 0 aromatic rings. The lowest BCUT2D eigenvalue weighted by molar-refractivity contribution is -0.129. The molecule has 0 aliphatic carbocycles. The molecule has 0 aliphatic heterocycles. The standard InChI is InChI=1S/C4H7N3O2/c1-6-2-7-3(5)4(8)9/h2H,1H3,(H,8,9)(H2,5,6,7). The maximum atomic E-state index is 9.89. The molecule has 0 saturated carbocycles. The van der Waals surface area contributed by atoms with Crippen molar-refractivity contribution in [3.8, 4) is 0 Å². The van der Waals surface area contributed by atoms with E-state index in [2.05, 4.69) is 9.98 Å². The van der Waals surface area contributed by atoms with Crippen LogP contribution in [0.3, 0.4) is 0 Å². The molecule has 0 rings (SSSR count). The highest BCUT2D eigenvalue weighted by Crippen LogP contribution is 1.65. The second-order valence-electron chi connectivity index (χ2n) is 1.19. The quantitative estimate of drug-likeness (QED) is 0.354. The molecule has 0 fully saturated rings. The van der Waals surface area contributed by atoms with E-state index in [1.165, 1.54) is 7.05 Å². The summed E-state index contributed by atoms with van der Waals surface area (Å²) in [5.74, 6) is -1.70. The molecule has 0 amide bonds. The monoisotopic (exact) mass is 129 g/mol. The van der Waals surface area contributed by atoms with Crippen molar-refractivity contribution in [2.75, 3.05) is 7.05 Å². The number of carboxylic acids is 1. The molecule has 0 aromatic heterocycles. The van der Waals surface area contributed by atoms with Gasteiger partial charge >= 0.3 is 5.97 Å². The van der Waals surface area contributed by atoms with Crippen LogP contribution in [0.1, 0.15) is 0 Å². The molecule has 0 bridgehead atoms. The Morgan fingerprint density at radius 1 is 1.78 bits per heavy atom. The molecule has 3 N–H and O–H groups in total. The molecule has 0 atom stereocenters. The molecule has 0 radical (unpaired) electrons. The summed E-state index contributed by atoms with van der Waals surface area (Å²) >= 11 is 0. The summed E-state index contributed by atoms with van der Waals surface area (Å²) in [7, 11) is 1.47. The zero-order valence-corrected chi connectivity index (χ0v) is 4.90. The van der Waals surface area contributed by atoms with E-state index in [0.717, 1.165) is 6.34 Å². The Labute approximate surface area is 51.9 Å². The van der Waals surface area contributed by atoms with Crippen LogP contribution in [0.4, 0.5) is 0 Å². The number of carbonyl (C=O) groups is 1. The van der Waals surface area contributed by atoms with Gasteiger partial charge in [0.05, 0.1) is 0 Å². The molecule has 0 heterocycles. The van der Waals surface area contributed by atoms with Crippen molar-refractivity contribution in [1.29, 1.82) is 0 Å². The highest BCUT2D eigenvalue weighted by molar-refractivity contribution is 6.34. The molecule has 50 valence electrons. The topological polar surface area (TPSA) is 88.0 Å². The third-order valence-corrected chi connectivity index (χ3v) is 0.531. The summed E-state index contributed by atoms with van der Waals surface area (Å²) in [4.78, 5) is 16.5. The Hall–Kier alpha value is -1.39. The first-order valence-corrected chi connectivity index (χ1v) is 2.15. The molecule has 9 heavy (non-hydrogen) atoms. The summed E-state index contributed by atoms with van der Waals surface area (Å²) < 4.78 is 0. The number of aliphatic carboxylic acids is 1. The van der Waals surface area contributed by atoms with Crippen molar-refractivity contribution in [2.45, 2.75) is 0 Å². The molecule has 0 saturated heterocycles. The van der Waals surface area contributed by atoms with E-state index in [-0.39, 0.29) is 0 Å². The first-order chi connectivity index (χ1) is 4.18. The number of hydrogen-bond donors (Lipinski definition) is 2. The van der Waals surface area contributed by atoms with E-state index in [4.69, 9.17) is 10.8 Å². The van der Waals surface area contributed by atoms with Crippen LogP contribution in [0, 0.1) is 0 Å². The number of rotatable bonds is 1. The first-order valence-electron chi connectivity index (χ1n) is 2.15. The van der Waals surface area contributed by atoms with Gasteiger partial charge in [-0.1, -0.05) is 0 Å². The smallest absolute Gasteiger partial charge is 0.371 e. The van der Waals surface area contributed by atoms with Crippen LogP contribution < -0.4 is 5.73 Å². The van der Waals surface area contributed by atoms with Gasteiger partial charge in [0, 0.05) is 7.05 Å². The summed E-state index contributed by atoms with van der Waals surface area (Å²) in [5, 5.41) is 8.09. The van der Waals surface area contributed by atoms with Crippen molar-refractivity contribution in [2.24, 2.45) is 15.7 Å². The van der Waals surface area contributed by atoms with Gasteiger partial charge in [0.15, 0.2) is 0 Å². The van der Waals surface area contributed by atoms with Crippen LogP contribution >= 0.6 is 0 Å². The van der Waals surface area contributed by atoms with Gasteiger partial charge in [0.25, 0.3) is 0 Å². The lowest BCUT2D eigenvalue weighted by Gasteiger charge is -1.84. The van der Waals surface area contributed by atoms with E-state index >= 15 is 0 Å². The summed E-state index contributed by atoms with van der Waals surface area (Å²) in [6, 6.07) is 0. The third-order valence-electron chi connectivity index (χ3n) is 0.531. The maximum absolute atomic E-state index is 9.89. The third kappa shape index (κ3) is 3.22. The summed E-state index contributed by atoms with van der Waals surface area (Å²) in [6.45, 7) is 0. The lowest BCUT2D eigenvalue weighted by Crippen LogP contribution is -2.22. The zero-order chi connectivity index (χ0) is 7.28. The van der Waals surface area contributed by atoms with Crippen molar-refractivity contribution >= 4 is 18.1 Å². The fourth-order valence-electron chi connectivity index (χ4n) is 0.175. The number of carboxylic acid groups (broad SMARTS) is 1. The number of amidine groups is 1. The van der Waals surface area contributed by atoms with Gasteiger partial charge in [0.1, 0.15) is 6.34 Å². The number of nitrogens with two attached hydrogens (primary N) is 1. The minimum absolute atomic E-state index is 0.458. The van der Waals surface area contributed by atoms with Crippen molar-refractivity contribution in [1.82, 2.24) is 0 Å². The molecule has 0 unspecified atom stereocenters. The molecule has 0 spiro atoms. The average molecular weight is 129 g/mol. The minimum Gasteiger partial charge on any atom is -0.475 e. The number of hydrogen-bond acceptors (Lipinski definition) is 2. The average Bonchev–Trinajstić information content (AvgIpc) is 1.82. The van der Waals surface area contributed by atoms with Crippen molar-refractivity contribution in [3.63, 3.8) is 0 Å². The van der Waals surface area contributed by atoms with Gasteiger partial charge in [-0.2, -0.15) is 0 Å². The highest BCUT2D eigenvalue weighted by atomic mass is 16.4. The van der Waals surface area contributed by atoms with Crippen LogP contribution in [-0.2, 0) is 4.79 Å². The zero-order valence-electron chi connectivity index (χ0n) is 4.90. The van der Waals surface area contributed by atoms with Gasteiger partial charge in [-0.3, -0.25) is 4.99 Å². The van der Waals surface area contributed by atoms with Gasteiger partial charge < -0.3 is 10.8 Å². The molecular weight excluding hydrogens is 122 g/mol. The van der Waals surface area contributed by atoms with Crippen molar-refractivity contribution in [3.05, 3.63) is 0 Å². The SMILES string of the molecule is C/N=C\N=C(/N)C(=O)O. The van der Waals surface area contributed by atoms with E-state index < -0.39 is 11.8 Å². The van der Waals surface area contributed by atoms with E-state index in [1.807, 2.05) is 0 Å². The van der Waals surface area contributed by atoms with Crippen molar-refractivity contribution < 1.29 is 9.90 Å². The largest absolute Gasteiger partial charge is 0.475 e. The Bertz CT molecular complexity index is 161. The van der Waals surface area contributed by atoms with Crippen LogP contribution in [0.2, 0.25) is 0 Å². The number of nitrogens with zero attached hydrogens (tertiary/aromatic N) is 2. The second kappa shape index (κ2) is 3.59. The Morgan fingerprint density at radius 3 is 2.67 bits per heavy atom. The summed E-state index contributed by atoms with van der Waals surface area (Å²) in [6.07, 6.45) is 1.07. The van der Waals surface area contributed by atoms with E-state index in [1.54, 1.807) is 0 Å². The Kier molecular flexibility index (Phi) is 3.04. The normalized spacial score (nSPS) is 12.3. The lowest BCUT2D eigenvalue weighted by atomic mass is 10.6. The second-order valence-corrected chi connectivity index (χ2v) is 1.19. The molecule has 0 aromatic carbocycles. The molecule has 5 heteroatoms. The summed E-state index contributed by atoms with van der Waals surface area (Å²) in [5.41, 5.74) is 4.86. The first kappa shape index (κ1) is 7.61. The van der Waals surface area contributed by atoms with Gasteiger partial charge in [0.2, 0.25) is 5.84 Å². The fraction of sp³-hybridized carbons (Fsp3) is 0.250. The Morgan fingerprint density at radius 2 is 2.33 bits per heavy atom. The molecule has 0 aliphatic rings.